The fourth-order valence-corrected chi connectivity index (χ4v) is 4.34. The first-order valence-corrected chi connectivity index (χ1v) is 9.01. The summed E-state index contributed by atoms with van der Waals surface area (Å²) in [4.78, 5) is 14.7. The van der Waals surface area contributed by atoms with Crippen LogP contribution in [0.1, 0.15) is 42.0 Å². The van der Waals surface area contributed by atoms with Gasteiger partial charge in [0.15, 0.2) is 0 Å². The van der Waals surface area contributed by atoms with Crippen LogP contribution in [0.5, 0.6) is 0 Å². The van der Waals surface area contributed by atoms with Gasteiger partial charge in [0, 0.05) is 30.8 Å². The lowest BCUT2D eigenvalue weighted by Gasteiger charge is -2.33. The molecule has 23 heavy (non-hydrogen) atoms. The minimum atomic E-state index is 0.0527. The van der Waals surface area contributed by atoms with Crippen LogP contribution >= 0.6 is 11.6 Å². The average molecular weight is 335 g/mol. The normalized spacial score (nSPS) is 27.3. The summed E-state index contributed by atoms with van der Waals surface area (Å²) >= 11 is 6.34. The van der Waals surface area contributed by atoms with Crippen molar-refractivity contribution >= 4 is 17.5 Å². The van der Waals surface area contributed by atoms with Gasteiger partial charge in [-0.05, 0) is 61.1 Å². The van der Waals surface area contributed by atoms with E-state index in [-0.39, 0.29) is 11.8 Å². The third-order valence-corrected chi connectivity index (χ3v) is 5.59. The fraction of sp³-hybridized carbons (Fsp3) is 0.611. The summed E-state index contributed by atoms with van der Waals surface area (Å²) in [5, 5.41) is 4.38. The van der Waals surface area contributed by atoms with Gasteiger partial charge in [-0.15, -0.1) is 0 Å². The molecule has 1 N–H and O–H groups in total. The molecule has 0 aromatic heterocycles. The molecule has 3 aliphatic rings. The van der Waals surface area contributed by atoms with E-state index in [0.29, 0.717) is 19.3 Å². The molecule has 124 valence electrons. The zero-order valence-corrected chi connectivity index (χ0v) is 14.1. The molecule has 0 saturated carbocycles. The summed E-state index contributed by atoms with van der Waals surface area (Å²) in [5.74, 6) is 0.310. The molecular formula is C18H23ClN2O2. The molecule has 0 aliphatic carbocycles. The second kappa shape index (κ2) is 6.42. The van der Waals surface area contributed by atoms with Gasteiger partial charge in [-0.1, -0.05) is 11.6 Å². The van der Waals surface area contributed by atoms with Crippen LogP contribution in [-0.2, 0) is 22.5 Å². The van der Waals surface area contributed by atoms with E-state index in [9.17, 15) is 4.79 Å². The highest BCUT2D eigenvalue weighted by atomic mass is 35.5. The molecule has 0 unspecified atom stereocenters. The Balaban J connectivity index is 1.61. The van der Waals surface area contributed by atoms with Crippen molar-refractivity contribution in [1.29, 1.82) is 0 Å². The van der Waals surface area contributed by atoms with E-state index in [1.807, 2.05) is 4.90 Å². The van der Waals surface area contributed by atoms with Crippen LogP contribution in [0.3, 0.4) is 0 Å². The molecule has 2 fully saturated rings. The quantitative estimate of drug-likeness (QED) is 0.904. The smallest absolute Gasteiger partial charge is 0.228 e. The molecule has 1 amide bonds. The minimum Gasteiger partial charge on any atom is -0.381 e. The van der Waals surface area contributed by atoms with Crippen molar-refractivity contribution in [2.75, 3.05) is 26.3 Å². The van der Waals surface area contributed by atoms with E-state index in [1.54, 1.807) is 0 Å². The minimum absolute atomic E-state index is 0.0527. The van der Waals surface area contributed by atoms with E-state index in [4.69, 9.17) is 16.3 Å². The lowest BCUT2D eigenvalue weighted by molar-refractivity contribution is -0.136. The van der Waals surface area contributed by atoms with E-state index in [1.165, 1.54) is 23.1 Å². The number of hydrogen-bond donors (Lipinski definition) is 1. The molecule has 3 aliphatic heterocycles. The number of amides is 1. The summed E-state index contributed by atoms with van der Waals surface area (Å²) in [6.45, 7) is 3.87. The first-order chi connectivity index (χ1) is 11.2. The van der Waals surface area contributed by atoms with Crippen LogP contribution in [0.15, 0.2) is 12.1 Å². The number of hydrogen-bond acceptors (Lipinski definition) is 3. The van der Waals surface area contributed by atoms with Gasteiger partial charge in [0.05, 0.1) is 12.5 Å². The van der Waals surface area contributed by atoms with Crippen molar-refractivity contribution in [3.8, 4) is 0 Å². The van der Waals surface area contributed by atoms with E-state index in [0.717, 1.165) is 43.9 Å². The first-order valence-electron chi connectivity index (χ1n) is 8.63. The van der Waals surface area contributed by atoms with Gasteiger partial charge < -0.3 is 15.0 Å². The number of fused-ring (bicyclic) bond motifs is 1. The summed E-state index contributed by atoms with van der Waals surface area (Å²) < 4.78 is 5.38. The lowest BCUT2D eigenvalue weighted by Crippen LogP contribution is -2.40. The number of nitrogens with one attached hydrogen (secondary N) is 1. The molecule has 1 aromatic rings. The van der Waals surface area contributed by atoms with Gasteiger partial charge in [-0.3, -0.25) is 4.79 Å². The molecule has 3 heterocycles. The monoisotopic (exact) mass is 334 g/mol. The first kappa shape index (κ1) is 15.4. The number of halogens is 1. The second-order valence-electron chi connectivity index (χ2n) is 6.85. The predicted octanol–water partition coefficient (Wildman–Crippen LogP) is 2.69. The van der Waals surface area contributed by atoms with Gasteiger partial charge in [0.25, 0.3) is 0 Å². The van der Waals surface area contributed by atoms with Gasteiger partial charge in [-0.2, -0.15) is 0 Å². The molecule has 0 radical (unpaired) electrons. The standard InChI is InChI=1S/C18H23ClN2O2/c19-14-8-12-3-6-21(18(22)13-4-7-23-11-13)10-16(12)15(9-14)17-2-1-5-20-17/h8-9,13,17,20H,1-7,10-11H2/t13-,17-/m0/s1. The Hall–Kier alpha value is -1.10. The number of ether oxygens (including phenoxy) is 1. The molecule has 0 bridgehead atoms. The Labute approximate surface area is 142 Å². The Kier molecular flexibility index (Phi) is 4.31. The lowest BCUT2D eigenvalue weighted by atomic mass is 9.90. The number of rotatable bonds is 2. The van der Waals surface area contributed by atoms with Crippen LogP contribution in [0.25, 0.3) is 0 Å². The maximum absolute atomic E-state index is 12.7. The molecular weight excluding hydrogens is 312 g/mol. The fourth-order valence-electron chi connectivity index (χ4n) is 4.09. The molecule has 1 aromatic carbocycles. The maximum Gasteiger partial charge on any atom is 0.228 e. The molecule has 4 rings (SSSR count). The van der Waals surface area contributed by atoms with Crippen LogP contribution in [0.4, 0.5) is 0 Å². The Bertz CT molecular complexity index is 607. The zero-order valence-electron chi connectivity index (χ0n) is 13.3. The third-order valence-electron chi connectivity index (χ3n) is 5.37. The second-order valence-corrected chi connectivity index (χ2v) is 7.29. The molecule has 2 atom stereocenters. The van der Waals surface area contributed by atoms with Crippen LogP contribution in [-0.4, -0.2) is 37.1 Å². The molecule has 4 nitrogen and oxygen atoms in total. The van der Waals surface area contributed by atoms with Crippen molar-refractivity contribution in [2.24, 2.45) is 5.92 Å². The molecule has 5 heteroatoms. The highest BCUT2D eigenvalue weighted by Gasteiger charge is 2.32. The van der Waals surface area contributed by atoms with Crippen LogP contribution in [0.2, 0.25) is 5.02 Å². The summed E-state index contributed by atoms with van der Waals surface area (Å²) in [6, 6.07) is 4.55. The van der Waals surface area contributed by atoms with E-state index in [2.05, 4.69) is 17.4 Å². The van der Waals surface area contributed by atoms with Gasteiger partial charge in [-0.25, -0.2) is 0 Å². The number of carbonyl (C=O) groups is 1. The topological polar surface area (TPSA) is 41.6 Å². The summed E-state index contributed by atoms with van der Waals surface area (Å²) in [6.07, 6.45) is 4.11. The summed E-state index contributed by atoms with van der Waals surface area (Å²) in [5.41, 5.74) is 3.92. The third kappa shape index (κ3) is 3.00. The SMILES string of the molecule is O=C([C@H]1CCOC1)N1CCc2cc(Cl)cc([C@@H]3CCCN3)c2C1. The van der Waals surface area contributed by atoms with Crippen molar-refractivity contribution in [3.05, 3.63) is 33.8 Å². The Morgan fingerprint density at radius 3 is 3.00 bits per heavy atom. The van der Waals surface area contributed by atoms with Gasteiger partial charge in [0.2, 0.25) is 5.91 Å². The number of carbonyl (C=O) groups excluding carboxylic acids is 1. The van der Waals surface area contributed by atoms with Crippen LogP contribution < -0.4 is 5.32 Å². The van der Waals surface area contributed by atoms with E-state index >= 15 is 0 Å². The van der Waals surface area contributed by atoms with Crippen molar-refractivity contribution in [1.82, 2.24) is 10.2 Å². The number of benzene rings is 1. The molecule has 0 spiro atoms. The number of nitrogens with zero attached hydrogens (tertiary/aromatic N) is 1. The van der Waals surface area contributed by atoms with Crippen molar-refractivity contribution < 1.29 is 9.53 Å². The zero-order chi connectivity index (χ0) is 15.8. The maximum atomic E-state index is 12.7. The highest BCUT2D eigenvalue weighted by molar-refractivity contribution is 6.30. The Morgan fingerprint density at radius 1 is 1.35 bits per heavy atom. The highest BCUT2D eigenvalue weighted by Crippen LogP contribution is 2.34. The average Bonchev–Trinajstić information content (AvgIpc) is 3.26. The van der Waals surface area contributed by atoms with Crippen molar-refractivity contribution in [2.45, 2.75) is 38.3 Å². The predicted molar refractivity (Wildman–Crippen MR) is 89.5 cm³/mol. The van der Waals surface area contributed by atoms with E-state index < -0.39 is 0 Å². The van der Waals surface area contributed by atoms with Gasteiger partial charge in [0.1, 0.15) is 0 Å². The van der Waals surface area contributed by atoms with Crippen LogP contribution in [0, 0.1) is 5.92 Å². The van der Waals surface area contributed by atoms with Crippen molar-refractivity contribution in [3.63, 3.8) is 0 Å². The molecule has 2 saturated heterocycles. The largest absolute Gasteiger partial charge is 0.381 e. The van der Waals surface area contributed by atoms with Gasteiger partial charge >= 0.3 is 0 Å². The summed E-state index contributed by atoms with van der Waals surface area (Å²) in [7, 11) is 0. The Morgan fingerprint density at radius 2 is 2.26 bits per heavy atom.